The Morgan fingerprint density at radius 2 is 1.71 bits per heavy atom. The molecule has 1 aromatic carbocycles. The first kappa shape index (κ1) is 13.3. The Hall–Kier alpha value is -1.78. The van der Waals surface area contributed by atoms with Gasteiger partial charge in [0.05, 0.1) is 5.56 Å². The summed E-state index contributed by atoms with van der Waals surface area (Å²) in [4.78, 5) is 11.0. The number of rotatable bonds is 2. The second-order valence-electron chi connectivity index (χ2n) is 3.66. The molecule has 1 aromatic rings. The van der Waals surface area contributed by atoms with E-state index in [1.807, 2.05) is 0 Å². The molecule has 1 rings (SSSR count). The molecular weight excluding hydrogens is 231 g/mol. The van der Waals surface area contributed by atoms with Crippen molar-refractivity contribution in [2.45, 2.75) is 20.0 Å². The minimum atomic E-state index is -4.45. The molecule has 2 N–H and O–H groups in total. The quantitative estimate of drug-likeness (QED) is 0.797. The molecule has 92 valence electrons. The molecule has 0 spiro atoms. The van der Waals surface area contributed by atoms with Gasteiger partial charge in [-0.25, -0.2) is 0 Å². The number of benzene rings is 1. The summed E-state index contributed by atoms with van der Waals surface area (Å²) in [7, 11) is 0. The summed E-state index contributed by atoms with van der Waals surface area (Å²) in [6.45, 7) is 2.86. The SMILES string of the molecule is CC(C(N)=O)=C(C)c1ccccc1C(F)(F)F. The number of halogens is 3. The lowest BCUT2D eigenvalue weighted by atomic mass is 9.96. The lowest BCUT2D eigenvalue weighted by Crippen LogP contribution is -2.14. The molecule has 0 radical (unpaired) electrons. The molecule has 5 heteroatoms. The molecule has 0 aliphatic carbocycles. The highest BCUT2D eigenvalue weighted by molar-refractivity contribution is 5.99. The maximum atomic E-state index is 12.7. The van der Waals surface area contributed by atoms with Crippen LogP contribution < -0.4 is 5.73 Å². The number of primary amides is 1. The molecular formula is C12H12F3NO. The first-order valence-electron chi connectivity index (χ1n) is 4.89. The molecule has 2 nitrogen and oxygen atoms in total. The molecule has 1 amide bonds. The summed E-state index contributed by atoms with van der Waals surface area (Å²) in [6.07, 6.45) is -4.45. The number of nitrogens with two attached hydrogens (primary N) is 1. The van der Waals surface area contributed by atoms with Gasteiger partial charge in [-0.05, 0) is 31.1 Å². The second-order valence-corrected chi connectivity index (χ2v) is 3.66. The van der Waals surface area contributed by atoms with E-state index in [4.69, 9.17) is 5.73 Å². The molecule has 0 atom stereocenters. The number of hydrogen-bond acceptors (Lipinski definition) is 1. The van der Waals surface area contributed by atoms with Crippen LogP contribution in [0.4, 0.5) is 13.2 Å². The molecule has 0 aliphatic heterocycles. The number of allylic oxidation sites excluding steroid dienone is 1. The Kier molecular flexibility index (Phi) is 3.60. The van der Waals surface area contributed by atoms with Crippen LogP contribution in [0.3, 0.4) is 0 Å². The van der Waals surface area contributed by atoms with Crippen LogP contribution in [0.5, 0.6) is 0 Å². The van der Waals surface area contributed by atoms with Crippen LogP contribution in [-0.4, -0.2) is 5.91 Å². The predicted molar refractivity (Wildman–Crippen MR) is 58.9 cm³/mol. The molecule has 0 aliphatic rings. The van der Waals surface area contributed by atoms with Gasteiger partial charge >= 0.3 is 6.18 Å². The highest BCUT2D eigenvalue weighted by Gasteiger charge is 2.33. The van der Waals surface area contributed by atoms with Crippen LogP contribution in [0.1, 0.15) is 25.0 Å². The van der Waals surface area contributed by atoms with Gasteiger partial charge in [-0.1, -0.05) is 18.2 Å². The first-order chi connectivity index (χ1) is 7.75. The summed E-state index contributed by atoms with van der Waals surface area (Å²) < 4.78 is 38.2. The van der Waals surface area contributed by atoms with Crippen molar-refractivity contribution in [3.63, 3.8) is 0 Å². The zero-order valence-corrected chi connectivity index (χ0v) is 9.43. The minimum Gasteiger partial charge on any atom is -0.366 e. The summed E-state index contributed by atoms with van der Waals surface area (Å²) in [5.74, 6) is -0.723. The van der Waals surface area contributed by atoms with Gasteiger partial charge in [-0.2, -0.15) is 13.2 Å². The van der Waals surface area contributed by atoms with Gasteiger partial charge in [-0.3, -0.25) is 4.79 Å². The maximum absolute atomic E-state index is 12.7. The average Bonchev–Trinajstić information content (AvgIpc) is 2.25. The molecule has 0 bridgehead atoms. The number of hydrogen-bond donors (Lipinski definition) is 1. The van der Waals surface area contributed by atoms with Crippen molar-refractivity contribution in [3.05, 3.63) is 41.0 Å². The summed E-state index contributed by atoms with van der Waals surface area (Å²) in [6, 6.07) is 5.10. The van der Waals surface area contributed by atoms with E-state index in [2.05, 4.69) is 0 Å². The van der Waals surface area contributed by atoms with Gasteiger partial charge in [0.25, 0.3) is 0 Å². The van der Waals surface area contributed by atoms with E-state index in [1.165, 1.54) is 32.0 Å². The van der Waals surface area contributed by atoms with E-state index in [9.17, 15) is 18.0 Å². The van der Waals surface area contributed by atoms with E-state index in [-0.39, 0.29) is 16.7 Å². The standard InChI is InChI=1S/C12H12F3NO/c1-7(8(2)11(16)17)9-5-3-4-6-10(9)12(13,14)15/h3-6H,1-2H3,(H2,16,17). The van der Waals surface area contributed by atoms with Crippen molar-refractivity contribution in [2.75, 3.05) is 0 Å². The van der Waals surface area contributed by atoms with Crippen LogP contribution in [0.2, 0.25) is 0 Å². The monoisotopic (exact) mass is 243 g/mol. The molecule has 0 fully saturated rings. The van der Waals surface area contributed by atoms with Crippen molar-refractivity contribution in [1.29, 1.82) is 0 Å². The third-order valence-electron chi connectivity index (χ3n) is 2.57. The lowest BCUT2D eigenvalue weighted by Gasteiger charge is -2.14. The molecule has 0 heterocycles. The zero-order chi connectivity index (χ0) is 13.2. The van der Waals surface area contributed by atoms with Crippen LogP contribution in [0, 0.1) is 0 Å². The molecule has 0 saturated carbocycles. The average molecular weight is 243 g/mol. The van der Waals surface area contributed by atoms with E-state index in [1.54, 1.807) is 0 Å². The van der Waals surface area contributed by atoms with Crippen LogP contribution in [-0.2, 0) is 11.0 Å². The Balaban J connectivity index is 3.43. The number of alkyl halides is 3. The van der Waals surface area contributed by atoms with Gasteiger partial charge in [-0.15, -0.1) is 0 Å². The smallest absolute Gasteiger partial charge is 0.366 e. The van der Waals surface area contributed by atoms with Gasteiger partial charge in [0.2, 0.25) is 5.91 Å². The lowest BCUT2D eigenvalue weighted by molar-refractivity contribution is -0.137. The first-order valence-corrected chi connectivity index (χ1v) is 4.89. The maximum Gasteiger partial charge on any atom is 0.416 e. The van der Waals surface area contributed by atoms with E-state index < -0.39 is 17.6 Å². The summed E-state index contributed by atoms with van der Waals surface area (Å²) in [5, 5.41) is 0. The number of carbonyl (C=O) groups excluding carboxylic acids is 1. The van der Waals surface area contributed by atoms with Crippen LogP contribution in [0.15, 0.2) is 29.8 Å². The number of carbonyl (C=O) groups is 1. The summed E-state index contributed by atoms with van der Waals surface area (Å²) in [5.41, 5.74) is 4.64. The molecule has 0 unspecified atom stereocenters. The third kappa shape index (κ3) is 2.87. The Bertz CT molecular complexity index is 475. The topological polar surface area (TPSA) is 43.1 Å². The van der Waals surface area contributed by atoms with E-state index >= 15 is 0 Å². The minimum absolute atomic E-state index is 0.0173. The highest BCUT2D eigenvalue weighted by atomic mass is 19.4. The fourth-order valence-electron chi connectivity index (χ4n) is 1.44. The van der Waals surface area contributed by atoms with Gasteiger partial charge in [0.1, 0.15) is 0 Å². The third-order valence-corrected chi connectivity index (χ3v) is 2.57. The normalized spacial score (nSPS) is 13.2. The Morgan fingerprint density at radius 1 is 1.18 bits per heavy atom. The molecule has 0 saturated heterocycles. The fourth-order valence-corrected chi connectivity index (χ4v) is 1.44. The van der Waals surface area contributed by atoms with Crippen molar-refractivity contribution in [2.24, 2.45) is 5.73 Å². The Morgan fingerprint density at radius 3 is 2.18 bits per heavy atom. The zero-order valence-electron chi connectivity index (χ0n) is 9.43. The van der Waals surface area contributed by atoms with Crippen LogP contribution in [0.25, 0.3) is 5.57 Å². The van der Waals surface area contributed by atoms with Crippen molar-refractivity contribution >= 4 is 11.5 Å². The fraction of sp³-hybridized carbons (Fsp3) is 0.250. The summed E-state index contributed by atoms with van der Waals surface area (Å²) >= 11 is 0. The van der Waals surface area contributed by atoms with Crippen molar-refractivity contribution < 1.29 is 18.0 Å². The van der Waals surface area contributed by atoms with Crippen LogP contribution >= 0.6 is 0 Å². The molecule has 0 aromatic heterocycles. The van der Waals surface area contributed by atoms with E-state index in [0.717, 1.165) is 6.07 Å². The Labute approximate surface area is 96.9 Å². The second kappa shape index (κ2) is 4.61. The molecule has 17 heavy (non-hydrogen) atoms. The van der Waals surface area contributed by atoms with E-state index in [0.29, 0.717) is 0 Å². The van der Waals surface area contributed by atoms with Crippen molar-refractivity contribution in [1.82, 2.24) is 0 Å². The highest BCUT2D eigenvalue weighted by Crippen LogP contribution is 2.35. The predicted octanol–water partition coefficient (Wildman–Crippen LogP) is 2.98. The number of amides is 1. The van der Waals surface area contributed by atoms with Gasteiger partial charge in [0.15, 0.2) is 0 Å². The van der Waals surface area contributed by atoms with Crippen molar-refractivity contribution in [3.8, 4) is 0 Å². The van der Waals surface area contributed by atoms with Gasteiger partial charge < -0.3 is 5.73 Å². The largest absolute Gasteiger partial charge is 0.416 e. The van der Waals surface area contributed by atoms with Gasteiger partial charge in [0, 0.05) is 5.57 Å².